The minimum Gasteiger partial charge on any atom is -0.488 e. The van der Waals surface area contributed by atoms with E-state index >= 15 is 0 Å². The third kappa shape index (κ3) is 5.54. The molecule has 4 rings (SSSR count). The van der Waals surface area contributed by atoms with Gasteiger partial charge < -0.3 is 25.2 Å². The standard InChI is InChI=1S/C27H36FN3O4/c1-18(31-10-12-34-23-6-5-21(28)16-24(23)35-17-27(31,2)3)13-19-14-20-7-9-30(8-4-11-32)25(20)22(15-19)26(29)33/h5-6,14-16,18,32H,4,7-13,17H2,1-3H3,(H2,29,33)/t18-/m1/s1. The molecule has 0 bridgehead atoms. The predicted octanol–water partition coefficient (Wildman–Crippen LogP) is 3.15. The lowest BCUT2D eigenvalue weighted by Gasteiger charge is -2.41. The van der Waals surface area contributed by atoms with Gasteiger partial charge in [0.15, 0.2) is 11.5 Å². The Labute approximate surface area is 206 Å². The van der Waals surface area contributed by atoms with E-state index in [-0.39, 0.29) is 24.0 Å². The fourth-order valence-electron chi connectivity index (χ4n) is 5.36. The number of rotatable bonds is 7. The van der Waals surface area contributed by atoms with E-state index in [4.69, 9.17) is 15.2 Å². The Bertz CT molecular complexity index is 1070. The van der Waals surface area contributed by atoms with Crippen LogP contribution < -0.4 is 20.1 Å². The number of fused-ring (bicyclic) bond motifs is 2. The summed E-state index contributed by atoms with van der Waals surface area (Å²) in [5.74, 6) is 0.183. The molecule has 2 aliphatic rings. The number of halogens is 1. The highest BCUT2D eigenvalue weighted by molar-refractivity contribution is 6.00. The van der Waals surface area contributed by atoms with Gasteiger partial charge in [-0.1, -0.05) is 6.07 Å². The van der Waals surface area contributed by atoms with Crippen molar-refractivity contribution in [1.82, 2.24) is 4.90 Å². The zero-order chi connectivity index (χ0) is 25.2. The maximum Gasteiger partial charge on any atom is 0.250 e. The average molecular weight is 486 g/mol. The number of aliphatic hydroxyl groups excluding tert-OH is 1. The van der Waals surface area contributed by atoms with Crippen LogP contribution in [-0.4, -0.2) is 66.9 Å². The Kier molecular flexibility index (Phi) is 7.52. The van der Waals surface area contributed by atoms with Crippen LogP contribution in [0.2, 0.25) is 0 Å². The average Bonchev–Trinajstić information content (AvgIpc) is 3.23. The molecule has 1 amide bonds. The van der Waals surface area contributed by atoms with Gasteiger partial charge in [-0.25, -0.2) is 4.39 Å². The third-order valence-corrected chi connectivity index (χ3v) is 6.98. The van der Waals surface area contributed by atoms with Crippen molar-refractivity contribution < 1.29 is 23.8 Å². The number of carbonyl (C=O) groups is 1. The highest BCUT2D eigenvalue weighted by atomic mass is 19.1. The van der Waals surface area contributed by atoms with Crippen molar-refractivity contribution in [3.63, 3.8) is 0 Å². The number of amides is 1. The lowest BCUT2D eigenvalue weighted by atomic mass is 9.95. The first-order valence-electron chi connectivity index (χ1n) is 12.3. The van der Waals surface area contributed by atoms with Crippen molar-refractivity contribution >= 4 is 11.6 Å². The van der Waals surface area contributed by atoms with Crippen LogP contribution in [0.25, 0.3) is 0 Å². The van der Waals surface area contributed by atoms with Gasteiger partial charge in [-0.05, 0) is 69.4 Å². The molecule has 2 aliphatic heterocycles. The summed E-state index contributed by atoms with van der Waals surface area (Å²) in [5, 5.41) is 9.22. The summed E-state index contributed by atoms with van der Waals surface area (Å²) in [6.45, 7) is 9.55. The molecule has 0 saturated carbocycles. The number of ether oxygens (including phenoxy) is 2. The molecule has 190 valence electrons. The Morgan fingerprint density at radius 3 is 2.74 bits per heavy atom. The van der Waals surface area contributed by atoms with Crippen molar-refractivity contribution in [1.29, 1.82) is 0 Å². The minimum absolute atomic E-state index is 0.117. The van der Waals surface area contributed by atoms with E-state index in [0.29, 0.717) is 49.8 Å². The van der Waals surface area contributed by atoms with E-state index in [1.165, 1.54) is 12.1 Å². The van der Waals surface area contributed by atoms with Gasteiger partial charge in [-0.15, -0.1) is 0 Å². The summed E-state index contributed by atoms with van der Waals surface area (Å²) in [7, 11) is 0. The molecule has 0 unspecified atom stereocenters. The van der Waals surface area contributed by atoms with E-state index in [1.54, 1.807) is 6.07 Å². The zero-order valence-corrected chi connectivity index (χ0v) is 20.8. The number of primary amides is 1. The number of aliphatic hydroxyl groups is 1. The van der Waals surface area contributed by atoms with Crippen LogP contribution in [0.4, 0.5) is 10.1 Å². The molecule has 1 atom stereocenters. The maximum absolute atomic E-state index is 13.7. The number of benzene rings is 2. The molecule has 0 saturated heterocycles. The van der Waals surface area contributed by atoms with Crippen LogP contribution in [-0.2, 0) is 12.8 Å². The largest absolute Gasteiger partial charge is 0.488 e. The van der Waals surface area contributed by atoms with Crippen molar-refractivity contribution in [2.75, 3.05) is 44.4 Å². The maximum atomic E-state index is 13.7. The van der Waals surface area contributed by atoms with Gasteiger partial charge in [0, 0.05) is 43.9 Å². The summed E-state index contributed by atoms with van der Waals surface area (Å²) < 4.78 is 25.7. The van der Waals surface area contributed by atoms with Crippen LogP contribution in [0, 0.1) is 5.82 Å². The molecule has 35 heavy (non-hydrogen) atoms. The van der Waals surface area contributed by atoms with E-state index in [1.807, 2.05) is 6.07 Å². The molecule has 0 aromatic heterocycles. The summed E-state index contributed by atoms with van der Waals surface area (Å²) in [6, 6.07) is 8.58. The topological polar surface area (TPSA) is 88.3 Å². The smallest absolute Gasteiger partial charge is 0.250 e. The number of hydrogen-bond acceptors (Lipinski definition) is 6. The monoisotopic (exact) mass is 485 g/mol. The lowest BCUT2D eigenvalue weighted by molar-refractivity contribution is 0.0331. The number of carbonyl (C=O) groups excluding carboxylic acids is 1. The quantitative estimate of drug-likeness (QED) is 0.627. The van der Waals surface area contributed by atoms with Gasteiger partial charge in [0.2, 0.25) is 0 Å². The molecule has 2 heterocycles. The Balaban J connectivity index is 1.54. The third-order valence-electron chi connectivity index (χ3n) is 6.98. The Morgan fingerprint density at radius 2 is 2.00 bits per heavy atom. The van der Waals surface area contributed by atoms with Gasteiger partial charge in [-0.3, -0.25) is 9.69 Å². The van der Waals surface area contributed by atoms with E-state index in [9.17, 15) is 14.3 Å². The summed E-state index contributed by atoms with van der Waals surface area (Å²) >= 11 is 0. The fraction of sp³-hybridized carbons (Fsp3) is 0.519. The number of hydrogen-bond donors (Lipinski definition) is 2. The lowest BCUT2D eigenvalue weighted by Crippen LogP contribution is -2.54. The molecule has 7 nitrogen and oxygen atoms in total. The van der Waals surface area contributed by atoms with Crippen LogP contribution in [0.3, 0.4) is 0 Å². The second-order valence-corrected chi connectivity index (χ2v) is 10.1. The second kappa shape index (κ2) is 10.4. The molecular weight excluding hydrogens is 449 g/mol. The highest BCUT2D eigenvalue weighted by Gasteiger charge is 2.33. The first-order valence-corrected chi connectivity index (χ1v) is 12.3. The number of anilines is 1. The van der Waals surface area contributed by atoms with Crippen molar-refractivity contribution in [3.05, 3.63) is 52.8 Å². The first-order chi connectivity index (χ1) is 16.7. The molecule has 0 spiro atoms. The van der Waals surface area contributed by atoms with E-state index < -0.39 is 5.91 Å². The van der Waals surface area contributed by atoms with Crippen LogP contribution >= 0.6 is 0 Å². The molecule has 2 aromatic carbocycles. The number of nitrogens with two attached hydrogens (primary N) is 1. The van der Waals surface area contributed by atoms with Crippen LogP contribution in [0.15, 0.2) is 30.3 Å². The second-order valence-electron chi connectivity index (χ2n) is 10.1. The van der Waals surface area contributed by atoms with Gasteiger partial charge in [-0.2, -0.15) is 0 Å². The van der Waals surface area contributed by atoms with Crippen LogP contribution in [0.5, 0.6) is 11.5 Å². The Morgan fingerprint density at radius 1 is 1.20 bits per heavy atom. The highest BCUT2D eigenvalue weighted by Crippen LogP contribution is 2.35. The fourth-order valence-corrected chi connectivity index (χ4v) is 5.36. The van der Waals surface area contributed by atoms with E-state index in [0.717, 1.165) is 36.2 Å². The van der Waals surface area contributed by atoms with Gasteiger partial charge in [0.1, 0.15) is 19.0 Å². The minimum atomic E-state index is -0.429. The summed E-state index contributed by atoms with van der Waals surface area (Å²) in [5.41, 5.74) is 9.12. The van der Waals surface area contributed by atoms with Crippen molar-refractivity contribution in [2.45, 2.75) is 51.6 Å². The normalized spacial score (nSPS) is 18.4. The molecule has 8 heteroatoms. The van der Waals surface area contributed by atoms with Crippen LogP contribution in [0.1, 0.15) is 48.7 Å². The predicted molar refractivity (Wildman–Crippen MR) is 134 cm³/mol. The zero-order valence-electron chi connectivity index (χ0n) is 20.8. The molecular formula is C27H36FN3O4. The van der Waals surface area contributed by atoms with Gasteiger partial charge in [0.05, 0.1) is 11.3 Å². The summed E-state index contributed by atoms with van der Waals surface area (Å²) in [4.78, 5) is 16.9. The number of nitrogens with zero attached hydrogens (tertiary/aromatic N) is 2. The molecule has 0 fully saturated rings. The van der Waals surface area contributed by atoms with Gasteiger partial charge in [0.25, 0.3) is 5.91 Å². The van der Waals surface area contributed by atoms with Gasteiger partial charge >= 0.3 is 0 Å². The van der Waals surface area contributed by atoms with E-state index in [2.05, 4.69) is 36.6 Å². The summed E-state index contributed by atoms with van der Waals surface area (Å²) in [6.07, 6.45) is 2.24. The first kappa shape index (κ1) is 25.3. The molecule has 0 aliphatic carbocycles. The molecule has 0 radical (unpaired) electrons. The van der Waals surface area contributed by atoms with Crippen molar-refractivity contribution in [3.8, 4) is 11.5 Å². The van der Waals surface area contributed by atoms with Crippen molar-refractivity contribution in [2.24, 2.45) is 5.73 Å². The molecule has 3 N–H and O–H groups in total. The Hall–Kier alpha value is -2.84. The molecule has 2 aromatic rings. The SMILES string of the molecule is C[C@H](Cc1cc2c(c(C(N)=O)c1)N(CCCO)CC2)N1CCOc2ccc(F)cc2OCC1(C)C.